The van der Waals surface area contributed by atoms with E-state index in [0.29, 0.717) is 5.91 Å². The minimum Gasteiger partial charge on any atom is -0.340 e. The van der Waals surface area contributed by atoms with Crippen molar-refractivity contribution in [2.75, 3.05) is 33.2 Å². The number of piperazine rings is 1. The van der Waals surface area contributed by atoms with E-state index in [2.05, 4.69) is 11.9 Å². The quantitative estimate of drug-likeness (QED) is 0.691. The van der Waals surface area contributed by atoms with Gasteiger partial charge in [0.2, 0.25) is 5.91 Å². The number of hydrogen-bond donors (Lipinski definition) is 0. The highest BCUT2D eigenvalue weighted by molar-refractivity contribution is 5.78. The molecular formula is C13H30N2O. The fourth-order valence-electron chi connectivity index (χ4n) is 1.39. The fraction of sp³-hybridized carbons (Fsp3) is 0.923. The van der Waals surface area contributed by atoms with E-state index in [0.717, 1.165) is 26.2 Å². The van der Waals surface area contributed by atoms with E-state index in [1.54, 1.807) is 0 Å². The zero-order valence-corrected chi connectivity index (χ0v) is 12.2. The molecule has 0 atom stereocenters. The van der Waals surface area contributed by atoms with Crippen molar-refractivity contribution in [1.82, 2.24) is 9.80 Å². The van der Waals surface area contributed by atoms with E-state index in [1.807, 2.05) is 46.4 Å². The summed E-state index contributed by atoms with van der Waals surface area (Å²) in [6.07, 6.45) is 0. The number of rotatable bonds is 1. The van der Waals surface area contributed by atoms with Crippen LogP contribution in [0.15, 0.2) is 0 Å². The van der Waals surface area contributed by atoms with Gasteiger partial charge in [0.15, 0.2) is 0 Å². The van der Waals surface area contributed by atoms with Crippen LogP contribution in [0.1, 0.15) is 41.5 Å². The molecule has 0 unspecified atom stereocenters. The Balaban J connectivity index is 0. The summed E-state index contributed by atoms with van der Waals surface area (Å²) in [5, 5.41) is 0. The maximum absolute atomic E-state index is 11.5. The number of amides is 1. The highest BCUT2D eigenvalue weighted by atomic mass is 16.2. The van der Waals surface area contributed by atoms with Gasteiger partial charge in [-0.2, -0.15) is 0 Å². The van der Waals surface area contributed by atoms with Gasteiger partial charge in [0.1, 0.15) is 0 Å². The van der Waals surface area contributed by atoms with Crippen LogP contribution in [0.3, 0.4) is 0 Å². The average molecular weight is 230 g/mol. The van der Waals surface area contributed by atoms with Crippen LogP contribution >= 0.6 is 0 Å². The number of likely N-dealkylation sites (N-methyl/N-ethyl adjacent to an activating group) is 1. The molecule has 1 fully saturated rings. The molecule has 0 aromatic carbocycles. The normalized spacial score (nSPS) is 15.9. The van der Waals surface area contributed by atoms with Crippen LogP contribution in [0, 0.1) is 5.92 Å². The third-order valence-corrected chi connectivity index (χ3v) is 2.31. The average Bonchev–Trinajstić information content (AvgIpc) is 2.34. The van der Waals surface area contributed by atoms with Crippen molar-refractivity contribution in [2.45, 2.75) is 41.5 Å². The minimum atomic E-state index is 0.147. The molecule has 0 aromatic heterocycles. The largest absolute Gasteiger partial charge is 0.340 e. The molecule has 1 saturated heterocycles. The second-order valence-electron chi connectivity index (χ2n) is 3.78. The Morgan fingerprint density at radius 3 is 1.62 bits per heavy atom. The van der Waals surface area contributed by atoms with Gasteiger partial charge in [-0.25, -0.2) is 0 Å². The van der Waals surface area contributed by atoms with Gasteiger partial charge in [0, 0.05) is 32.1 Å². The van der Waals surface area contributed by atoms with Crippen molar-refractivity contribution < 1.29 is 4.79 Å². The first-order chi connectivity index (χ1) is 7.61. The van der Waals surface area contributed by atoms with Crippen molar-refractivity contribution >= 4 is 5.91 Å². The van der Waals surface area contributed by atoms with E-state index < -0.39 is 0 Å². The number of carbonyl (C=O) groups is 1. The Morgan fingerprint density at radius 2 is 1.31 bits per heavy atom. The van der Waals surface area contributed by atoms with Gasteiger partial charge in [-0.1, -0.05) is 41.5 Å². The molecule has 0 N–H and O–H groups in total. The summed E-state index contributed by atoms with van der Waals surface area (Å²) in [5.41, 5.74) is 0. The first-order valence-corrected chi connectivity index (χ1v) is 6.58. The Labute approximate surface area is 102 Å². The third kappa shape index (κ3) is 6.83. The van der Waals surface area contributed by atoms with Crippen LogP contribution < -0.4 is 0 Å². The lowest BCUT2D eigenvalue weighted by atomic mass is 10.2. The van der Waals surface area contributed by atoms with Gasteiger partial charge in [0.05, 0.1) is 0 Å². The Bertz CT molecular complexity index is 161. The molecule has 0 aliphatic carbocycles. The molecule has 1 rings (SSSR count). The SMILES string of the molecule is CC.CC.CC(C)C(=O)N1CCN(C)CC1. The van der Waals surface area contributed by atoms with Crippen molar-refractivity contribution in [2.24, 2.45) is 5.92 Å². The van der Waals surface area contributed by atoms with Crippen LogP contribution in [0.4, 0.5) is 0 Å². The standard InChI is InChI=1S/C9H18N2O.2C2H6/c1-8(2)9(12)11-6-4-10(3)5-7-11;2*1-2/h8H,4-7H2,1-3H3;2*1-2H3. The Morgan fingerprint density at radius 1 is 0.938 bits per heavy atom. The summed E-state index contributed by atoms with van der Waals surface area (Å²) < 4.78 is 0. The number of hydrogen-bond acceptors (Lipinski definition) is 2. The molecule has 3 nitrogen and oxygen atoms in total. The Hall–Kier alpha value is -0.570. The van der Waals surface area contributed by atoms with Gasteiger partial charge < -0.3 is 9.80 Å². The van der Waals surface area contributed by atoms with Crippen molar-refractivity contribution in [3.05, 3.63) is 0 Å². The van der Waals surface area contributed by atoms with Gasteiger partial charge >= 0.3 is 0 Å². The summed E-state index contributed by atoms with van der Waals surface area (Å²) in [6, 6.07) is 0. The lowest BCUT2D eigenvalue weighted by Gasteiger charge is -2.33. The van der Waals surface area contributed by atoms with E-state index in [-0.39, 0.29) is 5.92 Å². The Kier molecular flexibility index (Phi) is 12.2. The van der Waals surface area contributed by atoms with Gasteiger partial charge in [-0.05, 0) is 7.05 Å². The molecule has 0 spiro atoms. The molecule has 0 bridgehead atoms. The van der Waals surface area contributed by atoms with Crippen LogP contribution in [0.25, 0.3) is 0 Å². The second kappa shape index (κ2) is 10.9. The maximum atomic E-state index is 11.5. The molecule has 3 heteroatoms. The molecule has 1 amide bonds. The summed E-state index contributed by atoms with van der Waals surface area (Å²) >= 11 is 0. The van der Waals surface area contributed by atoms with Crippen LogP contribution in [-0.2, 0) is 4.79 Å². The van der Waals surface area contributed by atoms with Crippen LogP contribution in [0.5, 0.6) is 0 Å². The zero-order chi connectivity index (χ0) is 13.1. The van der Waals surface area contributed by atoms with Crippen molar-refractivity contribution in [1.29, 1.82) is 0 Å². The molecule has 98 valence electrons. The molecule has 0 aromatic rings. The molecule has 1 aliphatic rings. The molecule has 16 heavy (non-hydrogen) atoms. The van der Waals surface area contributed by atoms with E-state index >= 15 is 0 Å². The molecule has 0 saturated carbocycles. The lowest BCUT2D eigenvalue weighted by Crippen LogP contribution is -2.48. The van der Waals surface area contributed by atoms with Gasteiger partial charge in [-0.3, -0.25) is 4.79 Å². The second-order valence-corrected chi connectivity index (χ2v) is 3.78. The first kappa shape index (κ1) is 17.8. The smallest absolute Gasteiger partial charge is 0.225 e. The van der Waals surface area contributed by atoms with Gasteiger partial charge in [-0.15, -0.1) is 0 Å². The van der Waals surface area contributed by atoms with E-state index in [1.165, 1.54) is 0 Å². The lowest BCUT2D eigenvalue weighted by molar-refractivity contribution is -0.136. The van der Waals surface area contributed by atoms with E-state index in [4.69, 9.17) is 0 Å². The van der Waals surface area contributed by atoms with E-state index in [9.17, 15) is 4.79 Å². The topological polar surface area (TPSA) is 23.6 Å². The zero-order valence-electron chi connectivity index (χ0n) is 12.2. The summed E-state index contributed by atoms with van der Waals surface area (Å²) in [7, 11) is 2.09. The maximum Gasteiger partial charge on any atom is 0.225 e. The molecule has 0 radical (unpaired) electrons. The molecule has 1 heterocycles. The molecule has 1 aliphatic heterocycles. The minimum absolute atomic E-state index is 0.147. The highest BCUT2D eigenvalue weighted by Gasteiger charge is 2.20. The summed E-state index contributed by atoms with van der Waals surface area (Å²) in [5.74, 6) is 0.441. The monoisotopic (exact) mass is 230 g/mol. The predicted molar refractivity (Wildman–Crippen MR) is 71.6 cm³/mol. The third-order valence-electron chi connectivity index (χ3n) is 2.31. The van der Waals surface area contributed by atoms with Crippen LogP contribution in [-0.4, -0.2) is 48.9 Å². The highest BCUT2D eigenvalue weighted by Crippen LogP contribution is 2.05. The first-order valence-electron chi connectivity index (χ1n) is 6.58. The van der Waals surface area contributed by atoms with Crippen LogP contribution in [0.2, 0.25) is 0 Å². The number of nitrogens with zero attached hydrogens (tertiary/aromatic N) is 2. The summed E-state index contributed by atoms with van der Waals surface area (Å²) in [4.78, 5) is 15.7. The van der Waals surface area contributed by atoms with Crippen molar-refractivity contribution in [3.8, 4) is 0 Å². The predicted octanol–water partition coefficient (Wildman–Crippen LogP) is 2.47. The molecular weight excluding hydrogens is 200 g/mol. The summed E-state index contributed by atoms with van der Waals surface area (Å²) in [6.45, 7) is 15.7. The van der Waals surface area contributed by atoms with Gasteiger partial charge in [0.25, 0.3) is 0 Å². The number of carbonyl (C=O) groups excluding carboxylic acids is 1. The fourth-order valence-corrected chi connectivity index (χ4v) is 1.39. The van der Waals surface area contributed by atoms with Crippen molar-refractivity contribution in [3.63, 3.8) is 0 Å².